The van der Waals surface area contributed by atoms with Crippen LogP contribution >= 0.6 is 15.6 Å². The topological polar surface area (TPSA) is 237 Å². The molecular weight excluding hydrogens is 1320 g/mol. The van der Waals surface area contributed by atoms with Gasteiger partial charge in [-0.25, -0.2) is 9.13 Å². The Morgan fingerprint density at radius 3 is 0.673 bits per heavy atom. The maximum absolute atomic E-state index is 13.1. The van der Waals surface area contributed by atoms with Crippen LogP contribution in [0.2, 0.25) is 0 Å². The molecule has 0 aliphatic carbocycles. The first kappa shape index (κ1) is 99.1. The zero-order chi connectivity index (χ0) is 74.2. The first-order valence-corrected chi connectivity index (χ1v) is 45.5. The molecule has 0 aliphatic rings. The summed E-state index contributed by atoms with van der Waals surface area (Å²) in [5, 5.41) is 10.6. The van der Waals surface area contributed by atoms with E-state index < -0.39 is 97.5 Å². The molecule has 3 N–H and O–H groups in total. The molecule has 5 atom stereocenters. The van der Waals surface area contributed by atoms with E-state index in [1.165, 1.54) is 238 Å². The first-order valence-electron chi connectivity index (χ1n) is 42.5. The van der Waals surface area contributed by atoms with Crippen LogP contribution in [0.5, 0.6) is 0 Å². The molecule has 0 aromatic rings. The number of phosphoric ester groups is 2. The molecule has 0 fully saturated rings. The molecule has 0 aromatic carbocycles. The van der Waals surface area contributed by atoms with Crippen molar-refractivity contribution in [2.45, 2.75) is 452 Å². The Hall–Kier alpha value is -1.94. The lowest BCUT2D eigenvalue weighted by Crippen LogP contribution is -2.30. The Labute approximate surface area is 619 Å². The van der Waals surface area contributed by atoms with Gasteiger partial charge in [-0.3, -0.25) is 37.3 Å². The quantitative estimate of drug-likeness (QED) is 0.0222. The average molecular weight is 1480 g/mol. The van der Waals surface area contributed by atoms with Crippen LogP contribution < -0.4 is 0 Å². The Balaban J connectivity index is 5.17. The summed E-state index contributed by atoms with van der Waals surface area (Å²) in [7, 11) is -9.92. The fourth-order valence-corrected chi connectivity index (χ4v) is 14.3. The number of hydrogen-bond donors (Lipinski definition) is 3. The van der Waals surface area contributed by atoms with Gasteiger partial charge in [-0.1, -0.05) is 382 Å². The van der Waals surface area contributed by atoms with Crippen molar-refractivity contribution in [3.63, 3.8) is 0 Å². The number of carbonyl (C=O) groups is 4. The fourth-order valence-electron chi connectivity index (χ4n) is 12.7. The second kappa shape index (κ2) is 73.6. The van der Waals surface area contributed by atoms with Crippen molar-refractivity contribution in [3.05, 3.63) is 0 Å². The number of aliphatic hydroxyl groups is 1. The van der Waals surface area contributed by atoms with E-state index in [9.17, 15) is 43.2 Å². The third-order valence-electron chi connectivity index (χ3n) is 19.2. The molecule has 0 radical (unpaired) electrons. The molecular formula is C82H160O17P2. The molecule has 0 saturated carbocycles. The lowest BCUT2D eigenvalue weighted by atomic mass is 10.0. The molecule has 2 unspecified atom stereocenters. The van der Waals surface area contributed by atoms with E-state index in [-0.39, 0.29) is 25.7 Å². The second-order valence-electron chi connectivity index (χ2n) is 30.5. The Bertz CT molecular complexity index is 1940. The third-order valence-corrected chi connectivity index (χ3v) is 21.1. The fraction of sp³-hybridized carbons (Fsp3) is 0.951. The zero-order valence-corrected chi connectivity index (χ0v) is 68.0. The van der Waals surface area contributed by atoms with E-state index in [1.807, 2.05) is 0 Å². The Morgan fingerprint density at radius 2 is 0.455 bits per heavy atom. The normalized spacial score (nSPS) is 13.9. The van der Waals surface area contributed by atoms with Gasteiger partial charge >= 0.3 is 39.5 Å². The number of rotatable bonds is 81. The van der Waals surface area contributed by atoms with Gasteiger partial charge in [0.2, 0.25) is 0 Å². The van der Waals surface area contributed by atoms with Crippen molar-refractivity contribution in [2.24, 2.45) is 11.8 Å². The van der Waals surface area contributed by atoms with Crippen LogP contribution in [0.25, 0.3) is 0 Å². The summed E-state index contributed by atoms with van der Waals surface area (Å²) >= 11 is 0. The SMILES string of the molecule is CCCCCCCCCCCCCCCCCCCCC(=O)OC[C@H](COP(=O)(O)OC[C@@H](O)COP(=O)(O)OC[C@@H](COC(=O)CCCCCCCCC)OC(=O)CCCCCCCCCCCCCCCCC(C)C)OC(=O)CCCCCCCCCCCCCCCCCCC(C)C. The zero-order valence-electron chi connectivity index (χ0n) is 66.2. The predicted octanol–water partition coefficient (Wildman–Crippen LogP) is 24.7. The minimum absolute atomic E-state index is 0.107. The van der Waals surface area contributed by atoms with E-state index in [2.05, 4.69) is 41.5 Å². The largest absolute Gasteiger partial charge is 0.472 e. The summed E-state index contributed by atoms with van der Waals surface area (Å²) in [6.07, 6.45) is 64.0. The maximum Gasteiger partial charge on any atom is 0.472 e. The molecule has 19 heteroatoms. The van der Waals surface area contributed by atoms with E-state index in [0.717, 1.165) is 115 Å². The van der Waals surface area contributed by atoms with E-state index in [4.69, 9.17) is 37.0 Å². The van der Waals surface area contributed by atoms with Gasteiger partial charge in [0, 0.05) is 25.7 Å². The van der Waals surface area contributed by atoms with E-state index >= 15 is 0 Å². The summed E-state index contributed by atoms with van der Waals surface area (Å²) in [6.45, 7) is 9.65. The highest BCUT2D eigenvalue weighted by Gasteiger charge is 2.30. The standard InChI is InChI=1S/C82H160O17P2/c1-7-9-11-13-15-16-17-18-19-20-21-25-31-36-41-47-53-59-65-80(85)93-71-78(99-82(87)67-60-54-48-42-37-32-26-23-22-24-29-34-39-45-50-56-62-74(3)4)73-97-101(90,91)95-69-76(83)68-94-100(88,89)96-72-77(70-92-79(84)64-58-52-44-14-12-10-8-2)98-81(86)66-61-55-49-43-38-33-28-27-30-35-40-46-51-57-63-75(5)6/h74-78,83H,7-73H2,1-6H3,(H,88,89)(H,90,91)/t76-,77+,78+/m0/s1. The van der Waals surface area contributed by atoms with Crippen LogP contribution in [-0.4, -0.2) is 96.7 Å². The Morgan fingerprint density at radius 1 is 0.267 bits per heavy atom. The van der Waals surface area contributed by atoms with Gasteiger partial charge in [-0.05, 0) is 37.5 Å². The van der Waals surface area contributed by atoms with Crippen molar-refractivity contribution in [3.8, 4) is 0 Å². The second-order valence-corrected chi connectivity index (χ2v) is 33.4. The van der Waals surface area contributed by atoms with Gasteiger partial charge in [0.1, 0.15) is 19.3 Å². The van der Waals surface area contributed by atoms with Crippen LogP contribution in [-0.2, 0) is 65.4 Å². The van der Waals surface area contributed by atoms with Crippen molar-refractivity contribution in [1.82, 2.24) is 0 Å². The third kappa shape index (κ3) is 76.1. The molecule has 0 spiro atoms. The molecule has 0 heterocycles. The number of hydrogen-bond acceptors (Lipinski definition) is 15. The highest BCUT2D eigenvalue weighted by molar-refractivity contribution is 7.47. The molecule has 0 saturated heterocycles. The van der Waals surface area contributed by atoms with E-state index in [1.54, 1.807) is 0 Å². The van der Waals surface area contributed by atoms with Gasteiger partial charge in [0.25, 0.3) is 0 Å². The van der Waals surface area contributed by atoms with Crippen LogP contribution in [0.15, 0.2) is 0 Å². The Kier molecular flexibility index (Phi) is 72.2. The van der Waals surface area contributed by atoms with Gasteiger partial charge in [-0.15, -0.1) is 0 Å². The van der Waals surface area contributed by atoms with Crippen molar-refractivity contribution in [1.29, 1.82) is 0 Å². The molecule has 0 aliphatic heterocycles. The van der Waals surface area contributed by atoms with Gasteiger partial charge < -0.3 is 33.8 Å². The van der Waals surface area contributed by atoms with Crippen LogP contribution in [0.3, 0.4) is 0 Å². The molecule has 600 valence electrons. The molecule has 0 bridgehead atoms. The predicted molar refractivity (Wildman–Crippen MR) is 414 cm³/mol. The van der Waals surface area contributed by atoms with Gasteiger partial charge in [0.05, 0.1) is 26.4 Å². The summed E-state index contributed by atoms with van der Waals surface area (Å²) in [4.78, 5) is 72.9. The molecule has 0 rings (SSSR count). The van der Waals surface area contributed by atoms with Gasteiger partial charge in [0.15, 0.2) is 12.2 Å². The number of phosphoric acid groups is 2. The lowest BCUT2D eigenvalue weighted by Gasteiger charge is -2.21. The smallest absolute Gasteiger partial charge is 0.462 e. The summed E-state index contributed by atoms with van der Waals surface area (Å²) in [5.74, 6) is -0.507. The molecule has 0 aromatic heterocycles. The number of aliphatic hydroxyl groups excluding tert-OH is 1. The molecule has 17 nitrogen and oxygen atoms in total. The minimum atomic E-state index is -4.96. The monoisotopic (exact) mass is 1480 g/mol. The number of ether oxygens (including phenoxy) is 4. The van der Waals surface area contributed by atoms with Crippen LogP contribution in [0.4, 0.5) is 0 Å². The summed E-state index contributed by atoms with van der Waals surface area (Å²) in [6, 6.07) is 0. The number of esters is 4. The summed E-state index contributed by atoms with van der Waals surface area (Å²) < 4.78 is 68.7. The molecule has 0 amide bonds. The van der Waals surface area contributed by atoms with Crippen molar-refractivity contribution in [2.75, 3.05) is 39.6 Å². The van der Waals surface area contributed by atoms with Crippen LogP contribution in [0.1, 0.15) is 433 Å². The maximum atomic E-state index is 13.1. The highest BCUT2D eigenvalue weighted by Crippen LogP contribution is 2.45. The van der Waals surface area contributed by atoms with Crippen molar-refractivity contribution >= 4 is 39.5 Å². The van der Waals surface area contributed by atoms with Crippen LogP contribution in [0, 0.1) is 11.8 Å². The van der Waals surface area contributed by atoms with Gasteiger partial charge in [-0.2, -0.15) is 0 Å². The van der Waals surface area contributed by atoms with E-state index in [0.29, 0.717) is 25.7 Å². The summed E-state index contributed by atoms with van der Waals surface area (Å²) in [5.41, 5.74) is 0. The minimum Gasteiger partial charge on any atom is -0.462 e. The molecule has 101 heavy (non-hydrogen) atoms. The van der Waals surface area contributed by atoms with Crippen molar-refractivity contribution < 1.29 is 80.2 Å². The number of unbranched alkanes of at least 4 members (excludes halogenated alkanes) is 51. The number of carbonyl (C=O) groups excluding carboxylic acids is 4. The first-order chi connectivity index (χ1) is 48.9. The highest BCUT2D eigenvalue weighted by atomic mass is 31.2. The lowest BCUT2D eigenvalue weighted by molar-refractivity contribution is -0.161. The average Bonchev–Trinajstić information content (AvgIpc) is 0.956.